The highest BCUT2D eigenvalue weighted by Crippen LogP contribution is 2.32. The normalized spacial score (nSPS) is 19.8. The zero-order valence-electron chi connectivity index (χ0n) is 11.9. The van der Waals surface area contributed by atoms with Crippen molar-refractivity contribution < 1.29 is 13.2 Å². The van der Waals surface area contributed by atoms with Crippen molar-refractivity contribution in [3.8, 4) is 0 Å². The highest BCUT2D eigenvalue weighted by Gasteiger charge is 2.28. The van der Waals surface area contributed by atoms with E-state index in [2.05, 4.69) is 5.32 Å². The Balaban J connectivity index is 0.00000200. The molecule has 6 nitrogen and oxygen atoms in total. The molecule has 1 aliphatic heterocycles. The summed E-state index contributed by atoms with van der Waals surface area (Å²) in [6, 6.07) is 0. The Hall–Kier alpha value is -0.370. The summed E-state index contributed by atoms with van der Waals surface area (Å²) in [7, 11) is -1.78. The van der Waals surface area contributed by atoms with Crippen molar-refractivity contribution >= 4 is 28.3 Å². The number of likely N-dealkylation sites (N-methyl/N-ethyl adjacent to an activating group) is 1. The smallest absolute Gasteiger partial charge is 0.237 e. The maximum Gasteiger partial charge on any atom is 0.237 e. The van der Waals surface area contributed by atoms with E-state index in [0.717, 1.165) is 32.4 Å². The summed E-state index contributed by atoms with van der Waals surface area (Å²) in [4.78, 5) is 13.7. The number of halogens is 1. The summed E-state index contributed by atoms with van der Waals surface area (Å²) < 4.78 is 25.3. The molecule has 0 aromatic heterocycles. The fraction of sp³-hybridized carbons (Fsp3) is 0.917. The molecule has 2 fully saturated rings. The Morgan fingerprint density at radius 1 is 1.30 bits per heavy atom. The van der Waals surface area contributed by atoms with Crippen molar-refractivity contribution in [2.75, 3.05) is 45.5 Å². The maximum absolute atomic E-state index is 12.0. The topological polar surface area (TPSA) is 69.7 Å². The number of carbonyl (C=O) groups excluding carboxylic acids is 1. The molecule has 1 heterocycles. The average molecular weight is 326 g/mol. The Morgan fingerprint density at radius 3 is 2.45 bits per heavy atom. The second kappa shape index (κ2) is 7.59. The summed E-state index contributed by atoms with van der Waals surface area (Å²) in [5, 5.41) is 3.17. The monoisotopic (exact) mass is 325 g/mol. The van der Waals surface area contributed by atoms with Gasteiger partial charge in [0.25, 0.3) is 0 Å². The van der Waals surface area contributed by atoms with Crippen molar-refractivity contribution in [2.45, 2.75) is 19.3 Å². The van der Waals surface area contributed by atoms with Crippen molar-refractivity contribution in [1.29, 1.82) is 0 Å². The van der Waals surface area contributed by atoms with Gasteiger partial charge in [-0.05, 0) is 12.3 Å². The zero-order chi connectivity index (χ0) is 13.9. The minimum Gasteiger partial charge on any atom is -0.339 e. The van der Waals surface area contributed by atoms with Gasteiger partial charge in [-0.3, -0.25) is 4.79 Å². The van der Waals surface area contributed by atoms with Gasteiger partial charge in [0.1, 0.15) is 0 Å². The minimum absolute atomic E-state index is 0. The third-order valence-electron chi connectivity index (χ3n) is 3.78. The number of carbonyl (C=O) groups is 1. The lowest BCUT2D eigenvalue weighted by molar-refractivity contribution is -0.131. The zero-order valence-corrected chi connectivity index (χ0v) is 13.5. The molecule has 0 aromatic carbocycles. The van der Waals surface area contributed by atoms with Gasteiger partial charge in [-0.1, -0.05) is 12.8 Å². The highest BCUT2D eigenvalue weighted by atomic mass is 35.5. The quantitative estimate of drug-likeness (QED) is 0.740. The van der Waals surface area contributed by atoms with Crippen LogP contribution >= 0.6 is 12.4 Å². The SMILES string of the molecule is CN(CC(=O)N1CCNCC1)S(=O)(=O)CCC1CC1.Cl. The molecule has 0 bridgehead atoms. The van der Waals surface area contributed by atoms with E-state index in [9.17, 15) is 13.2 Å². The van der Waals surface area contributed by atoms with Crippen LogP contribution in [0.5, 0.6) is 0 Å². The van der Waals surface area contributed by atoms with Crippen LogP contribution in [0.15, 0.2) is 0 Å². The number of rotatable bonds is 6. The molecule has 0 radical (unpaired) electrons. The van der Waals surface area contributed by atoms with Crippen LogP contribution < -0.4 is 5.32 Å². The molecule has 8 heteroatoms. The fourth-order valence-electron chi connectivity index (χ4n) is 2.18. The second-order valence-electron chi connectivity index (χ2n) is 5.43. The Kier molecular flexibility index (Phi) is 6.71. The lowest BCUT2D eigenvalue weighted by atomic mass is 10.3. The molecule has 1 aliphatic carbocycles. The third kappa shape index (κ3) is 5.20. The van der Waals surface area contributed by atoms with Crippen LogP contribution in [0.3, 0.4) is 0 Å². The average Bonchev–Trinajstić information content (AvgIpc) is 3.21. The molecule has 2 aliphatic rings. The molecule has 2 rings (SSSR count). The Labute approximate surface area is 127 Å². The van der Waals surface area contributed by atoms with Crippen LogP contribution in [-0.4, -0.2) is 69.1 Å². The van der Waals surface area contributed by atoms with Crippen LogP contribution in [0.25, 0.3) is 0 Å². The Bertz CT molecular complexity index is 420. The highest BCUT2D eigenvalue weighted by molar-refractivity contribution is 7.89. The molecule has 1 amide bonds. The van der Waals surface area contributed by atoms with Crippen LogP contribution in [0, 0.1) is 5.92 Å². The molecule has 20 heavy (non-hydrogen) atoms. The van der Waals surface area contributed by atoms with E-state index in [-0.39, 0.29) is 30.6 Å². The van der Waals surface area contributed by atoms with E-state index in [4.69, 9.17) is 0 Å². The molecular formula is C12H24ClN3O3S. The van der Waals surface area contributed by atoms with E-state index in [1.165, 1.54) is 11.4 Å². The van der Waals surface area contributed by atoms with E-state index in [0.29, 0.717) is 19.0 Å². The number of nitrogens with one attached hydrogen (secondary N) is 1. The maximum atomic E-state index is 12.0. The first-order valence-corrected chi connectivity index (χ1v) is 8.52. The molecule has 1 saturated carbocycles. The largest absolute Gasteiger partial charge is 0.339 e. The van der Waals surface area contributed by atoms with Gasteiger partial charge in [0.15, 0.2) is 0 Å². The molecule has 0 spiro atoms. The van der Waals surface area contributed by atoms with Crippen molar-refractivity contribution in [3.63, 3.8) is 0 Å². The predicted molar refractivity (Wildman–Crippen MR) is 80.5 cm³/mol. The van der Waals surface area contributed by atoms with Crippen molar-refractivity contribution in [2.24, 2.45) is 5.92 Å². The van der Waals surface area contributed by atoms with Crippen LogP contribution in [0.4, 0.5) is 0 Å². The van der Waals surface area contributed by atoms with Crippen molar-refractivity contribution in [1.82, 2.24) is 14.5 Å². The van der Waals surface area contributed by atoms with Crippen LogP contribution in [0.2, 0.25) is 0 Å². The summed E-state index contributed by atoms with van der Waals surface area (Å²) in [5.41, 5.74) is 0. The number of piperazine rings is 1. The van der Waals surface area contributed by atoms with Gasteiger partial charge in [-0.25, -0.2) is 8.42 Å². The van der Waals surface area contributed by atoms with Crippen molar-refractivity contribution in [3.05, 3.63) is 0 Å². The fourth-order valence-corrected chi connectivity index (χ4v) is 3.43. The lowest BCUT2D eigenvalue weighted by Crippen LogP contribution is -2.50. The molecule has 1 saturated heterocycles. The van der Waals surface area contributed by atoms with Gasteiger partial charge < -0.3 is 10.2 Å². The van der Waals surface area contributed by atoms with Gasteiger partial charge in [0, 0.05) is 33.2 Å². The van der Waals surface area contributed by atoms with Crippen LogP contribution in [-0.2, 0) is 14.8 Å². The van der Waals surface area contributed by atoms with E-state index < -0.39 is 10.0 Å². The standard InChI is InChI=1S/C12H23N3O3S.ClH/c1-14(19(17,18)9-4-11-2-3-11)10-12(16)15-7-5-13-6-8-15;/h11,13H,2-10H2,1H3;1H. The number of hydrogen-bond acceptors (Lipinski definition) is 4. The number of sulfonamides is 1. The van der Waals surface area contributed by atoms with E-state index in [1.54, 1.807) is 4.90 Å². The van der Waals surface area contributed by atoms with Gasteiger partial charge in [0.05, 0.1) is 12.3 Å². The summed E-state index contributed by atoms with van der Waals surface area (Å²) in [6.07, 6.45) is 3.03. The molecule has 0 unspecified atom stereocenters. The third-order valence-corrected chi connectivity index (χ3v) is 5.61. The Morgan fingerprint density at radius 2 is 1.90 bits per heavy atom. The molecule has 0 aromatic rings. The van der Waals surface area contributed by atoms with E-state index >= 15 is 0 Å². The molecule has 0 atom stereocenters. The first-order valence-electron chi connectivity index (χ1n) is 6.91. The first kappa shape index (κ1) is 17.7. The summed E-state index contributed by atoms with van der Waals surface area (Å²) >= 11 is 0. The molecule has 118 valence electrons. The number of amides is 1. The van der Waals surface area contributed by atoms with E-state index in [1.807, 2.05) is 0 Å². The predicted octanol–water partition coefficient (Wildman–Crippen LogP) is -0.0983. The minimum atomic E-state index is -3.28. The summed E-state index contributed by atoms with van der Waals surface area (Å²) in [5.74, 6) is 0.661. The first-order chi connectivity index (χ1) is 8.99. The molecular weight excluding hydrogens is 302 g/mol. The second-order valence-corrected chi connectivity index (χ2v) is 7.63. The molecule has 1 N–H and O–H groups in total. The van der Waals surface area contributed by atoms with Crippen LogP contribution in [0.1, 0.15) is 19.3 Å². The van der Waals surface area contributed by atoms with Gasteiger partial charge in [0.2, 0.25) is 15.9 Å². The number of hydrogen-bond donors (Lipinski definition) is 1. The van der Waals surface area contributed by atoms with Gasteiger partial charge >= 0.3 is 0 Å². The lowest BCUT2D eigenvalue weighted by Gasteiger charge is -2.29. The van der Waals surface area contributed by atoms with Gasteiger partial charge in [-0.15, -0.1) is 12.4 Å². The number of nitrogens with zero attached hydrogens (tertiary/aromatic N) is 2. The summed E-state index contributed by atoms with van der Waals surface area (Å²) in [6.45, 7) is 2.85. The van der Waals surface area contributed by atoms with Gasteiger partial charge in [-0.2, -0.15) is 4.31 Å².